The number of rotatable bonds is 4. The Morgan fingerprint density at radius 1 is 1.32 bits per heavy atom. The molecule has 0 bridgehead atoms. The second kappa shape index (κ2) is 5.95. The number of nitrogens with zero attached hydrogens (tertiary/aromatic N) is 2. The fourth-order valence-electron chi connectivity index (χ4n) is 1.67. The van der Waals surface area contributed by atoms with Crippen molar-refractivity contribution in [3.8, 4) is 0 Å². The second-order valence-corrected chi connectivity index (χ2v) is 4.16. The molecule has 5 nitrogen and oxygen atoms in total. The summed E-state index contributed by atoms with van der Waals surface area (Å²) in [6.07, 6.45) is 5.11. The predicted molar refractivity (Wildman–Crippen MR) is 73.9 cm³/mol. The Hall–Kier alpha value is -2.43. The van der Waals surface area contributed by atoms with E-state index in [-0.39, 0.29) is 5.91 Å². The van der Waals surface area contributed by atoms with Gasteiger partial charge in [-0.2, -0.15) is 0 Å². The molecule has 0 aromatic carbocycles. The van der Waals surface area contributed by atoms with Crippen LogP contribution in [-0.4, -0.2) is 22.9 Å². The summed E-state index contributed by atoms with van der Waals surface area (Å²) in [4.78, 5) is 20.1. The third-order valence-corrected chi connectivity index (χ3v) is 2.87. The van der Waals surface area contributed by atoms with Crippen molar-refractivity contribution in [3.63, 3.8) is 0 Å². The summed E-state index contributed by atoms with van der Waals surface area (Å²) >= 11 is 0. The van der Waals surface area contributed by atoms with E-state index >= 15 is 0 Å². The highest BCUT2D eigenvalue weighted by Gasteiger charge is 2.07. The van der Waals surface area contributed by atoms with Crippen molar-refractivity contribution in [2.75, 3.05) is 12.4 Å². The fraction of sp³-hybridized carbons (Fsp3) is 0.214. The number of carbonyl (C=O) groups excluding carboxylic acids is 1. The SMILES string of the molecule is CNc1cc(C(=O)NCc2cnccc2C)ccn1. The van der Waals surface area contributed by atoms with Crippen molar-refractivity contribution < 1.29 is 4.79 Å². The van der Waals surface area contributed by atoms with Crippen molar-refractivity contribution in [2.24, 2.45) is 0 Å². The first-order valence-electron chi connectivity index (χ1n) is 6.02. The average molecular weight is 256 g/mol. The minimum atomic E-state index is -0.123. The smallest absolute Gasteiger partial charge is 0.251 e. The molecule has 2 aromatic rings. The summed E-state index contributed by atoms with van der Waals surface area (Å²) in [5.74, 6) is 0.548. The third-order valence-electron chi connectivity index (χ3n) is 2.87. The van der Waals surface area contributed by atoms with Crippen molar-refractivity contribution >= 4 is 11.7 Å². The number of amides is 1. The predicted octanol–water partition coefficient (Wildman–Crippen LogP) is 1.76. The molecule has 2 N–H and O–H groups in total. The van der Waals surface area contributed by atoms with Gasteiger partial charge < -0.3 is 10.6 Å². The Labute approximate surface area is 112 Å². The van der Waals surface area contributed by atoms with Gasteiger partial charge in [0.25, 0.3) is 5.91 Å². The summed E-state index contributed by atoms with van der Waals surface area (Å²) in [6, 6.07) is 5.32. The topological polar surface area (TPSA) is 66.9 Å². The second-order valence-electron chi connectivity index (χ2n) is 4.16. The molecule has 0 aliphatic heterocycles. The lowest BCUT2D eigenvalue weighted by molar-refractivity contribution is 0.0951. The van der Waals surface area contributed by atoms with Gasteiger partial charge in [-0.15, -0.1) is 0 Å². The first-order valence-corrected chi connectivity index (χ1v) is 6.02. The maximum Gasteiger partial charge on any atom is 0.251 e. The van der Waals surface area contributed by atoms with Crippen LogP contribution in [0.2, 0.25) is 0 Å². The zero-order chi connectivity index (χ0) is 13.7. The van der Waals surface area contributed by atoms with Gasteiger partial charge in [0, 0.05) is 37.7 Å². The van der Waals surface area contributed by atoms with Crippen LogP contribution in [0, 0.1) is 6.92 Å². The molecule has 0 aliphatic carbocycles. The van der Waals surface area contributed by atoms with Gasteiger partial charge in [-0.3, -0.25) is 9.78 Å². The Morgan fingerprint density at radius 3 is 2.89 bits per heavy atom. The Kier molecular flexibility index (Phi) is 4.07. The number of anilines is 1. The van der Waals surface area contributed by atoms with Gasteiger partial charge in [0.1, 0.15) is 5.82 Å². The van der Waals surface area contributed by atoms with Crippen LogP contribution in [0.5, 0.6) is 0 Å². The normalized spacial score (nSPS) is 10.0. The molecular weight excluding hydrogens is 240 g/mol. The minimum Gasteiger partial charge on any atom is -0.373 e. The van der Waals surface area contributed by atoms with Gasteiger partial charge in [-0.05, 0) is 36.2 Å². The lowest BCUT2D eigenvalue weighted by Gasteiger charge is -2.08. The molecule has 0 saturated carbocycles. The Balaban J connectivity index is 2.03. The van der Waals surface area contributed by atoms with Crippen LogP contribution in [0.25, 0.3) is 0 Å². The van der Waals surface area contributed by atoms with Crippen molar-refractivity contribution in [3.05, 3.63) is 53.5 Å². The molecule has 0 aliphatic rings. The first-order chi connectivity index (χ1) is 9.20. The highest BCUT2D eigenvalue weighted by molar-refractivity contribution is 5.94. The van der Waals surface area contributed by atoms with Gasteiger partial charge >= 0.3 is 0 Å². The van der Waals surface area contributed by atoms with Gasteiger partial charge in [0.15, 0.2) is 0 Å². The number of carbonyl (C=O) groups is 1. The highest BCUT2D eigenvalue weighted by atomic mass is 16.1. The van der Waals surface area contributed by atoms with Crippen LogP contribution < -0.4 is 10.6 Å². The molecule has 0 unspecified atom stereocenters. The monoisotopic (exact) mass is 256 g/mol. The molecule has 98 valence electrons. The molecule has 2 rings (SSSR count). The molecule has 2 heterocycles. The number of pyridine rings is 2. The van der Waals surface area contributed by atoms with Crippen LogP contribution in [0.1, 0.15) is 21.5 Å². The van der Waals surface area contributed by atoms with E-state index in [0.717, 1.165) is 11.1 Å². The van der Waals surface area contributed by atoms with Gasteiger partial charge in [-0.25, -0.2) is 4.98 Å². The first kappa shape index (κ1) is 13.0. The highest BCUT2D eigenvalue weighted by Crippen LogP contribution is 2.07. The molecule has 0 saturated heterocycles. The molecule has 1 amide bonds. The molecule has 0 spiro atoms. The Morgan fingerprint density at radius 2 is 2.16 bits per heavy atom. The van der Waals surface area contributed by atoms with E-state index in [2.05, 4.69) is 20.6 Å². The maximum absolute atomic E-state index is 12.0. The summed E-state index contributed by atoms with van der Waals surface area (Å²) < 4.78 is 0. The number of hydrogen-bond donors (Lipinski definition) is 2. The van der Waals surface area contributed by atoms with Crippen LogP contribution >= 0.6 is 0 Å². The van der Waals surface area contributed by atoms with Crippen LogP contribution in [0.3, 0.4) is 0 Å². The lowest BCUT2D eigenvalue weighted by Crippen LogP contribution is -2.23. The number of hydrogen-bond acceptors (Lipinski definition) is 4. The molecule has 0 atom stereocenters. The standard InChI is InChI=1S/C14H16N4O/c1-10-3-5-16-8-12(10)9-18-14(19)11-4-6-17-13(7-11)15-2/h3-8H,9H2,1-2H3,(H,15,17)(H,18,19). The number of aromatic nitrogens is 2. The summed E-state index contributed by atoms with van der Waals surface area (Å²) in [6.45, 7) is 2.46. The van der Waals surface area contributed by atoms with Gasteiger partial charge in [-0.1, -0.05) is 0 Å². The van der Waals surface area contributed by atoms with Crippen LogP contribution in [-0.2, 0) is 6.54 Å². The molecule has 2 aromatic heterocycles. The van der Waals surface area contributed by atoms with Crippen molar-refractivity contribution in [2.45, 2.75) is 13.5 Å². The van der Waals surface area contributed by atoms with E-state index in [9.17, 15) is 4.79 Å². The van der Waals surface area contributed by atoms with Crippen LogP contribution in [0.15, 0.2) is 36.8 Å². The molecule has 19 heavy (non-hydrogen) atoms. The third kappa shape index (κ3) is 3.28. The zero-order valence-corrected chi connectivity index (χ0v) is 11.0. The largest absolute Gasteiger partial charge is 0.373 e. The zero-order valence-electron chi connectivity index (χ0n) is 11.0. The van der Waals surface area contributed by atoms with Crippen molar-refractivity contribution in [1.82, 2.24) is 15.3 Å². The fourth-order valence-corrected chi connectivity index (χ4v) is 1.67. The molecule has 0 radical (unpaired) electrons. The van der Waals surface area contributed by atoms with E-state index in [1.165, 1.54) is 0 Å². The van der Waals surface area contributed by atoms with Crippen molar-refractivity contribution in [1.29, 1.82) is 0 Å². The van der Waals surface area contributed by atoms with Gasteiger partial charge in [0.2, 0.25) is 0 Å². The van der Waals surface area contributed by atoms with E-state index in [4.69, 9.17) is 0 Å². The van der Waals surface area contributed by atoms with E-state index in [1.54, 1.807) is 37.8 Å². The number of nitrogens with one attached hydrogen (secondary N) is 2. The quantitative estimate of drug-likeness (QED) is 0.874. The summed E-state index contributed by atoms with van der Waals surface area (Å²) in [5.41, 5.74) is 2.71. The minimum absolute atomic E-state index is 0.123. The van der Waals surface area contributed by atoms with Crippen LogP contribution in [0.4, 0.5) is 5.82 Å². The summed E-state index contributed by atoms with van der Waals surface area (Å²) in [5, 5.41) is 5.78. The maximum atomic E-state index is 12.0. The molecule has 0 fully saturated rings. The van der Waals surface area contributed by atoms with E-state index in [0.29, 0.717) is 17.9 Å². The van der Waals surface area contributed by atoms with E-state index in [1.807, 2.05) is 13.0 Å². The lowest BCUT2D eigenvalue weighted by atomic mass is 10.1. The number of aryl methyl sites for hydroxylation is 1. The average Bonchev–Trinajstić information content (AvgIpc) is 2.46. The summed E-state index contributed by atoms with van der Waals surface area (Å²) in [7, 11) is 1.77. The Bertz CT molecular complexity index is 583. The van der Waals surface area contributed by atoms with E-state index < -0.39 is 0 Å². The van der Waals surface area contributed by atoms with Gasteiger partial charge in [0.05, 0.1) is 0 Å². The molecular formula is C14H16N4O. The molecule has 5 heteroatoms.